The number of halogens is 3. The van der Waals surface area contributed by atoms with E-state index in [1.807, 2.05) is 18.2 Å². The standard InChI is InChI=1S/C16H19F3N2O3/c17-16(18,19)15(14(24)20-8-6-13(22)23)7-9-21(11-15)10-12-4-2-1-3-5-12/h1-5H,6-11H2,(H,20,24)(H,22,23)/t15-/m0/s1. The molecule has 0 saturated carbocycles. The molecular formula is C16H19F3N2O3. The van der Waals surface area contributed by atoms with Crippen LogP contribution in [0.25, 0.3) is 0 Å². The summed E-state index contributed by atoms with van der Waals surface area (Å²) in [6, 6.07) is 9.08. The number of likely N-dealkylation sites (tertiary alicyclic amines) is 1. The fourth-order valence-electron chi connectivity index (χ4n) is 2.86. The summed E-state index contributed by atoms with van der Waals surface area (Å²) in [4.78, 5) is 24.2. The van der Waals surface area contributed by atoms with Gasteiger partial charge in [-0.15, -0.1) is 0 Å². The summed E-state index contributed by atoms with van der Waals surface area (Å²) in [6.45, 7) is -0.253. The number of carboxylic acid groups (broad SMARTS) is 1. The van der Waals surface area contributed by atoms with Gasteiger partial charge in [-0.05, 0) is 18.5 Å². The Morgan fingerprint density at radius 3 is 2.50 bits per heavy atom. The lowest BCUT2D eigenvalue weighted by molar-refractivity contribution is -0.218. The van der Waals surface area contributed by atoms with Crippen molar-refractivity contribution in [1.82, 2.24) is 10.2 Å². The van der Waals surface area contributed by atoms with Crippen LogP contribution in [-0.4, -0.2) is 47.7 Å². The third-order valence-electron chi connectivity index (χ3n) is 4.20. The van der Waals surface area contributed by atoms with Crippen molar-refractivity contribution in [3.8, 4) is 0 Å². The second-order valence-corrected chi connectivity index (χ2v) is 5.93. The highest BCUT2D eigenvalue weighted by Gasteiger charge is 2.62. The summed E-state index contributed by atoms with van der Waals surface area (Å²) < 4.78 is 40.7. The maximum absolute atomic E-state index is 13.6. The second-order valence-electron chi connectivity index (χ2n) is 5.93. The highest BCUT2D eigenvalue weighted by atomic mass is 19.4. The van der Waals surface area contributed by atoms with Gasteiger partial charge in [0.2, 0.25) is 5.91 Å². The van der Waals surface area contributed by atoms with E-state index in [4.69, 9.17) is 5.11 Å². The Morgan fingerprint density at radius 2 is 1.92 bits per heavy atom. The molecule has 1 saturated heterocycles. The number of benzene rings is 1. The molecule has 1 aliphatic heterocycles. The predicted octanol–water partition coefficient (Wildman–Crippen LogP) is 2.03. The largest absolute Gasteiger partial charge is 0.481 e. The van der Waals surface area contributed by atoms with Gasteiger partial charge in [-0.3, -0.25) is 14.5 Å². The average molecular weight is 344 g/mol. The summed E-state index contributed by atoms with van der Waals surface area (Å²) in [5.74, 6) is -2.32. The third-order valence-corrected chi connectivity index (χ3v) is 4.20. The van der Waals surface area contributed by atoms with E-state index in [9.17, 15) is 22.8 Å². The number of hydrogen-bond acceptors (Lipinski definition) is 3. The summed E-state index contributed by atoms with van der Waals surface area (Å²) in [5, 5.41) is 10.7. The molecule has 1 heterocycles. The van der Waals surface area contributed by atoms with Crippen LogP contribution in [0.3, 0.4) is 0 Å². The molecule has 1 aromatic carbocycles. The molecule has 0 bridgehead atoms. The molecular weight excluding hydrogens is 325 g/mol. The lowest BCUT2D eigenvalue weighted by atomic mass is 9.85. The molecule has 0 aliphatic carbocycles. The first-order valence-corrected chi connectivity index (χ1v) is 7.58. The number of carboxylic acids is 1. The van der Waals surface area contributed by atoms with Crippen LogP contribution in [0.15, 0.2) is 30.3 Å². The van der Waals surface area contributed by atoms with Gasteiger partial charge >= 0.3 is 12.1 Å². The molecule has 1 fully saturated rings. The fraction of sp³-hybridized carbons (Fsp3) is 0.500. The molecule has 5 nitrogen and oxygen atoms in total. The Kier molecular flexibility index (Phi) is 5.48. The van der Waals surface area contributed by atoms with Gasteiger partial charge in [-0.2, -0.15) is 13.2 Å². The van der Waals surface area contributed by atoms with E-state index < -0.39 is 36.4 Å². The van der Waals surface area contributed by atoms with Crippen molar-refractivity contribution in [2.24, 2.45) is 5.41 Å². The van der Waals surface area contributed by atoms with E-state index in [1.165, 1.54) is 0 Å². The topological polar surface area (TPSA) is 69.6 Å². The summed E-state index contributed by atoms with van der Waals surface area (Å²) >= 11 is 0. The van der Waals surface area contributed by atoms with E-state index in [1.54, 1.807) is 17.0 Å². The first-order chi connectivity index (χ1) is 11.2. The van der Waals surface area contributed by atoms with E-state index in [0.717, 1.165) is 5.56 Å². The Balaban J connectivity index is 2.07. The minimum Gasteiger partial charge on any atom is -0.481 e. The van der Waals surface area contributed by atoms with Crippen LogP contribution in [0.5, 0.6) is 0 Å². The van der Waals surface area contributed by atoms with Crippen LogP contribution in [0.4, 0.5) is 13.2 Å². The number of hydrogen-bond donors (Lipinski definition) is 2. The average Bonchev–Trinajstić information content (AvgIpc) is 2.93. The van der Waals surface area contributed by atoms with Gasteiger partial charge < -0.3 is 10.4 Å². The van der Waals surface area contributed by atoms with Gasteiger partial charge in [0.15, 0.2) is 5.41 Å². The van der Waals surface area contributed by atoms with Crippen LogP contribution < -0.4 is 5.32 Å². The minimum absolute atomic E-state index is 0.154. The van der Waals surface area contributed by atoms with E-state index >= 15 is 0 Å². The number of amides is 1. The van der Waals surface area contributed by atoms with Gasteiger partial charge in [0.05, 0.1) is 6.42 Å². The van der Waals surface area contributed by atoms with Crippen LogP contribution in [-0.2, 0) is 16.1 Å². The monoisotopic (exact) mass is 344 g/mol. The maximum Gasteiger partial charge on any atom is 0.404 e. The van der Waals surface area contributed by atoms with Crippen molar-refractivity contribution in [3.05, 3.63) is 35.9 Å². The van der Waals surface area contributed by atoms with Crippen LogP contribution in [0.2, 0.25) is 0 Å². The number of nitrogens with zero attached hydrogens (tertiary/aromatic N) is 1. The minimum atomic E-state index is -4.69. The van der Waals surface area contributed by atoms with Crippen molar-refractivity contribution >= 4 is 11.9 Å². The third kappa shape index (κ3) is 4.05. The normalized spacial score (nSPS) is 21.6. The molecule has 132 valence electrons. The lowest BCUT2D eigenvalue weighted by Gasteiger charge is -2.30. The zero-order chi connectivity index (χ0) is 17.8. The molecule has 1 aliphatic rings. The van der Waals surface area contributed by atoms with Crippen LogP contribution in [0, 0.1) is 5.41 Å². The van der Waals surface area contributed by atoms with Crippen LogP contribution >= 0.6 is 0 Å². The van der Waals surface area contributed by atoms with Gasteiger partial charge in [-0.25, -0.2) is 0 Å². The van der Waals surface area contributed by atoms with Gasteiger partial charge in [0.25, 0.3) is 0 Å². The first kappa shape index (κ1) is 18.3. The summed E-state index contributed by atoms with van der Waals surface area (Å²) in [6.07, 6.45) is -5.43. The quantitative estimate of drug-likeness (QED) is 0.829. The first-order valence-electron chi connectivity index (χ1n) is 7.58. The van der Waals surface area contributed by atoms with Crippen molar-refractivity contribution in [2.45, 2.75) is 25.6 Å². The van der Waals surface area contributed by atoms with Crippen molar-refractivity contribution < 1.29 is 27.9 Å². The predicted molar refractivity (Wildman–Crippen MR) is 80.1 cm³/mol. The summed E-state index contributed by atoms with van der Waals surface area (Å²) in [5.41, 5.74) is -1.61. The number of nitrogens with one attached hydrogen (secondary N) is 1. The zero-order valence-corrected chi connectivity index (χ0v) is 13.0. The molecule has 0 radical (unpaired) electrons. The fourth-order valence-corrected chi connectivity index (χ4v) is 2.86. The number of alkyl halides is 3. The Labute approximate surface area is 137 Å². The van der Waals surface area contributed by atoms with E-state index in [2.05, 4.69) is 5.32 Å². The van der Waals surface area contributed by atoms with Crippen molar-refractivity contribution in [2.75, 3.05) is 19.6 Å². The van der Waals surface area contributed by atoms with E-state index in [-0.39, 0.29) is 19.5 Å². The zero-order valence-electron chi connectivity index (χ0n) is 13.0. The molecule has 1 aromatic rings. The summed E-state index contributed by atoms with van der Waals surface area (Å²) in [7, 11) is 0. The molecule has 0 spiro atoms. The molecule has 2 rings (SSSR count). The molecule has 1 atom stereocenters. The smallest absolute Gasteiger partial charge is 0.404 e. The Hall–Kier alpha value is -2.09. The van der Waals surface area contributed by atoms with Crippen LogP contribution in [0.1, 0.15) is 18.4 Å². The Bertz CT molecular complexity index is 592. The Morgan fingerprint density at radius 1 is 1.25 bits per heavy atom. The highest BCUT2D eigenvalue weighted by Crippen LogP contribution is 2.46. The maximum atomic E-state index is 13.6. The molecule has 24 heavy (non-hydrogen) atoms. The number of carbonyl (C=O) groups is 2. The number of rotatable bonds is 6. The lowest BCUT2D eigenvalue weighted by Crippen LogP contribution is -2.52. The molecule has 2 N–H and O–H groups in total. The highest BCUT2D eigenvalue weighted by molar-refractivity contribution is 5.84. The van der Waals surface area contributed by atoms with Gasteiger partial charge in [0.1, 0.15) is 0 Å². The van der Waals surface area contributed by atoms with E-state index in [0.29, 0.717) is 6.54 Å². The number of carbonyl (C=O) groups excluding carboxylic acids is 1. The molecule has 0 aromatic heterocycles. The molecule has 1 amide bonds. The number of aliphatic carboxylic acids is 1. The van der Waals surface area contributed by atoms with Crippen molar-refractivity contribution in [3.63, 3.8) is 0 Å². The van der Waals surface area contributed by atoms with Gasteiger partial charge in [-0.1, -0.05) is 30.3 Å². The molecule has 8 heteroatoms. The van der Waals surface area contributed by atoms with Gasteiger partial charge in [0, 0.05) is 19.6 Å². The SMILES string of the molecule is O=C(O)CCNC(=O)[C@]1(C(F)(F)F)CCN(Cc2ccccc2)C1. The molecule has 0 unspecified atom stereocenters. The second kappa shape index (κ2) is 7.21. The van der Waals surface area contributed by atoms with Crippen molar-refractivity contribution in [1.29, 1.82) is 0 Å².